The van der Waals surface area contributed by atoms with Crippen LogP contribution in [0, 0.1) is 0 Å². The topological polar surface area (TPSA) is 18.5 Å². The maximum absolute atomic E-state index is 5.50. The summed E-state index contributed by atoms with van der Waals surface area (Å²) in [6, 6.07) is 0. The maximum atomic E-state index is 5.50. The largest absolute Gasteiger partial charge is 0.330 e. The van der Waals surface area contributed by atoms with E-state index < -0.39 is 7.58 Å². The monoisotopic (exact) mass is 240 g/mol. The summed E-state index contributed by atoms with van der Waals surface area (Å²) in [7, 11) is 5.89. The van der Waals surface area contributed by atoms with Crippen molar-refractivity contribution in [1.29, 1.82) is 0 Å². The quantitative estimate of drug-likeness (QED) is 0.480. The molecule has 0 aliphatic heterocycles. The van der Waals surface area contributed by atoms with Crippen molar-refractivity contribution < 1.29 is 13.5 Å². The average Bonchev–Trinajstić information content (AvgIpc) is 2.02. The van der Waals surface area contributed by atoms with Crippen molar-refractivity contribution in [1.82, 2.24) is 0 Å². The SMILES string of the molecule is CCOP(OCC)SCC[N+](C)(C)C. The van der Waals surface area contributed by atoms with Crippen LogP contribution in [0.1, 0.15) is 13.8 Å². The molecular formula is C9H23NO2PS+. The average molecular weight is 240 g/mol. The summed E-state index contributed by atoms with van der Waals surface area (Å²) in [5.41, 5.74) is 0. The smallest absolute Gasteiger partial charge is 0.238 e. The molecule has 0 heterocycles. The Balaban J connectivity index is 3.60. The van der Waals surface area contributed by atoms with Crippen LogP contribution in [0.3, 0.4) is 0 Å². The van der Waals surface area contributed by atoms with E-state index in [0.717, 1.165) is 30.0 Å². The molecule has 0 atom stereocenters. The van der Waals surface area contributed by atoms with E-state index in [1.165, 1.54) is 0 Å². The summed E-state index contributed by atoms with van der Waals surface area (Å²) in [6.07, 6.45) is 0. The van der Waals surface area contributed by atoms with Crippen LogP contribution in [0.25, 0.3) is 0 Å². The Morgan fingerprint density at radius 2 is 1.57 bits per heavy atom. The highest BCUT2D eigenvalue weighted by Crippen LogP contribution is 2.51. The van der Waals surface area contributed by atoms with Crippen molar-refractivity contribution in [3.05, 3.63) is 0 Å². The van der Waals surface area contributed by atoms with Crippen molar-refractivity contribution in [2.75, 3.05) is 46.7 Å². The van der Waals surface area contributed by atoms with Crippen LogP contribution < -0.4 is 0 Å². The number of hydrogen-bond acceptors (Lipinski definition) is 3. The summed E-state index contributed by atoms with van der Waals surface area (Å²) in [5, 5.41) is 0. The molecule has 0 aromatic heterocycles. The van der Waals surface area contributed by atoms with Gasteiger partial charge < -0.3 is 13.5 Å². The van der Waals surface area contributed by atoms with E-state index in [1.54, 1.807) is 11.4 Å². The molecule has 86 valence electrons. The Hall–Kier alpha value is 0.660. The molecule has 0 spiro atoms. The molecule has 0 N–H and O–H groups in total. The van der Waals surface area contributed by atoms with E-state index in [9.17, 15) is 0 Å². The Labute approximate surface area is 93.4 Å². The first kappa shape index (κ1) is 14.7. The van der Waals surface area contributed by atoms with Gasteiger partial charge in [-0.1, -0.05) is 11.4 Å². The predicted octanol–water partition coefficient (Wildman–Crippen LogP) is 2.73. The molecule has 0 aromatic carbocycles. The standard InChI is InChI=1S/C9H23NO2PS/c1-6-11-13(12-7-2)14-9-8-10(3,4)5/h6-9H2,1-5H3/q+1. The van der Waals surface area contributed by atoms with Crippen molar-refractivity contribution in [2.45, 2.75) is 13.8 Å². The van der Waals surface area contributed by atoms with E-state index in [2.05, 4.69) is 21.1 Å². The Morgan fingerprint density at radius 1 is 1.07 bits per heavy atom. The van der Waals surface area contributed by atoms with Crippen LogP contribution in [0.5, 0.6) is 0 Å². The second kappa shape index (κ2) is 7.89. The molecule has 0 fully saturated rings. The van der Waals surface area contributed by atoms with Crippen LogP contribution in [0.4, 0.5) is 0 Å². The second-order valence-electron chi connectivity index (χ2n) is 3.91. The van der Waals surface area contributed by atoms with Gasteiger partial charge in [0.05, 0.1) is 46.7 Å². The number of rotatable bonds is 8. The molecule has 0 amide bonds. The van der Waals surface area contributed by atoms with Gasteiger partial charge in [-0.2, -0.15) is 0 Å². The highest BCUT2D eigenvalue weighted by molar-refractivity contribution is 8.52. The lowest BCUT2D eigenvalue weighted by atomic mass is 10.6. The van der Waals surface area contributed by atoms with Gasteiger partial charge in [0.2, 0.25) is 7.58 Å². The fourth-order valence-corrected chi connectivity index (χ4v) is 3.91. The zero-order chi connectivity index (χ0) is 11.0. The van der Waals surface area contributed by atoms with Gasteiger partial charge in [0.1, 0.15) is 0 Å². The predicted molar refractivity (Wildman–Crippen MR) is 65.5 cm³/mol. The summed E-state index contributed by atoms with van der Waals surface area (Å²) in [4.78, 5) is 0. The lowest BCUT2D eigenvalue weighted by Gasteiger charge is -2.24. The lowest BCUT2D eigenvalue weighted by molar-refractivity contribution is -0.867. The molecule has 5 heteroatoms. The third kappa shape index (κ3) is 9.22. The van der Waals surface area contributed by atoms with Crippen molar-refractivity contribution in [3.8, 4) is 0 Å². The van der Waals surface area contributed by atoms with Crippen LogP contribution in [-0.4, -0.2) is 51.1 Å². The molecule has 14 heavy (non-hydrogen) atoms. The van der Waals surface area contributed by atoms with E-state index in [0.29, 0.717) is 0 Å². The van der Waals surface area contributed by atoms with Gasteiger partial charge in [0, 0.05) is 0 Å². The molecule has 0 saturated heterocycles. The molecule has 0 rings (SSSR count). The molecule has 0 unspecified atom stereocenters. The number of quaternary nitrogens is 1. The molecule has 3 nitrogen and oxygen atoms in total. The summed E-state index contributed by atoms with van der Waals surface area (Å²) in [5.74, 6) is 1.09. The number of hydrogen-bond donors (Lipinski definition) is 0. The van der Waals surface area contributed by atoms with E-state index in [-0.39, 0.29) is 0 Å². The van der Waals surface area contributed by atoms with Crippen LogP contribution in [-0.2, 0) is 9.05 Å². The summed E-state index contributed by atoms with van der Waals surface area (Å²) in [6.45, 7) is 6.64. The van der Waals surface area contributed by atoms with Gasteiger partial charge in [-0.15, -0.1) is 0 Å². The van der Waals surface area contributed by atoms with Crippen LogP contribution in [0.15, 0.2) is 0 Å². The van der Waals surface area contributed by atoms with Crippen LogP contribution >= 0.6 is 19.0 Å². The highest BCUT2D eigenvalue weighted by atomic mass is 32.7. The Bertz CT molecular complexity index is 135. The second-order valence-corrected chi connectivity index (χ2v) is 7.21. The molecule has 0 bridgehead atoms. The minimum Gasteiger partial charge on any atom is -0.330 e. The first-order valence-corrected chi connectivity index (χ1v) is 7.75. The maximum Gasteiger partial charge on any atom is 0.238 e. The number of nitrogens with zero attached hydrogens (tertiary/aromatic N) is 1. The zero-order valence-electron chi connectivity index (χ0n) is 9.95. The van der Waals surface area contributed by atoms with Gasteiger partial charge in [0.15, 0.2) is 0 Å². The normalized spacial score (nSPS) is 12.4. The van der Waals surface area contributed by atoms with Gasteiger partial charge in [0.25, 0.3) is 0 Å². The van der Waals surface area contributed by atoms with E-state index in [4.69, 9.17) is 9.05 Å². The molecular weight excluding hydrogens is 217 g/mol. The van der Waals surface area contributed by atoms with Gasteiger partial charge in [-0.3, -0.25) is 0 Å². The zero-order valence-corrected chi connectivity index (χ0v) is 11.7. The minimum absolute atomic E-state index is 0.707. The molecule has 0 aliphatic carbocycles. The molecule has 0 saturated carbocycles. The fourth-order valence-electron chi connectivity index (χ4n) is 0.712. The van der Waals surface area contributed by atoms with E-state index in [1.807, 2.05) is 13.8 Å². The fraction of sp³-hybridized carbons (Fsp3) is 1.00. The van der Waals surface area contributed by atoms with Crippen LogP contribution in [0.2, 0.25) is 0 Å². The molecule has 0 radical (unpaired) electrons. The van der Waals surface area contributed by atoms with Gasteiger partial charge >= 0.3 is 0 Å². The van der Waals surface area contributed by atoms with Crippen molar-refractivity contribution >= 4 is 19.0 Å². The first-order valence-electron chi connectivity index (χ1n) is 4.99. The summed E-state index contributed by atoms with van der Waals surface area (Å²) < 4.78 is 12.0. The first-order chi connectivity index (χ1) is 6.49. The molecule has 0 aliphatic rings. The van der Waals surface area contributed by atoms with Gasteiger partial charge in [-0.25, -0.2) is 0 Å². The van der Waals surface area contributed by atoms with Gasteiger partial charge in [-0.05, 0) is 13.8 Å². The van der Waals surface area contributed by atoms with Crippen molar-refractivity contribution in [3.63, 3.8) is 0 Å². The van der Waals surface area contributed by atoms with Crippen molar-refractivity contribution in [2.24, 2.45) is 0 Å². The molecule has 0 aromatic rings. The minimum atomic E-state index is -0.707. The third-order valence-electron chi connectivity index (χ3n) is 1.43. The Kier molecular flexibility index (Phi) is 8.26. The third-order valence-corrected chi connectivity index (χ3v) is 4.75. The Morgan fingerprint density at radius 3 is 1.93 bits per heavy atom. The highest BCUT2D eigenvalue weighted by Gasteiger charge is 2.13. The summed E-state index contributed by atoms with van der Waals surface area (Å²) >= 11 is 1.80. The lowest BCUT2D eigenvalue weighted by Crippen LogP contribution is -2.36. The van der Waals surface area contributed by atoms with E-state index >= 15 is 0 Å².